The van der Waals surface area contributed by atoms with E-state index >= 15 is 0 Å². The lowest BCUT2D eigenvalue weighted by molar-refractivity contribution is -0.00960. The molecule has 5 heteroatoms. The van der Waals surface area contributed by atoms with Crippen LogP contribution in [-0.4, -0.2) is 33.1 Å². The minimum Gasteiger partial charge on any atom is -0.390 e. The van der Waals surface area contributed by atoms with Gasteiger partial charge in [-0.2, -0.15) is 0 Å². The fourth-order valence-electron chi connectivity index (χ4n) is 2.82. The summed E-state index contributed by atoms with van der Waals surface area (Å²) in [5.41, 5.74) is 2.67. The maximum Gasteiger partial charge on any atom is 0.167 e. The molecule has 0 radical (unpaired) electrons. The lowest BCUT2D eigenvalue weighted by Crippen LogP contribution is -2.22. The van der Waals surface area contributed by atoms with E-state index in [0.717, 1.165) is 24.4 Å². The predicted octanol–water partition coefficient (Wildman–Crippen LogP) is 2.97. The lowest BCUT2D eigenvalue weighted by Gasteiger charge is -2.26. The van der Waals surface area contributed by atoms with E-state index in [-0.39, 0.29) is 6.10 Å². The van der Waals surface area contributed by atoms with Crippen molar-refractivity contribution >= 4 is 11.8 Å². The van der Waals surface area contributed by atoms with Gasteiger partial charge in [-0.3, -0.25) is 0 Å². The van der Waals surface area contributed by atoms with Crippen molar-refractivity contribution in [3.63, 3.8) is 0 Å². The lowest BCUT2D eigenvalue weighted by atomic mass is 9.89. The quantitative estimate of drug-likeness (QED) is 0.832. The number of aliphatic hydroxyl groups is 1. The number of aromatic nitrogens is 2. The van der Waals surface area contributed by atoms with Gasteiger partial charge in [-0.15, -0.1) is 0 Å². The zero-order valence-electron chi connectivity index (χ0n) is 12.8. The summed E-state index contributed by atoms with van der Waals surface area (Å²) in [6.45, 7) is 0.371. The second-order valence-electron chi connectivity index (χ2n) is 5.70. The third kappa shape index (κ3) is 3.72. The summed E-state index contributed by atoms with van der Waals surface area (Å²) >= 11 is 1.56. The highest BCUT2D eigenvalue weighted by Crippen LogP contribution is 2.32. The van der Waals surface area contributed by atoms with Crippen LogP contribution in [0.25, 0.3) is 0 Å². The Morgan fingerprint density at radius 1 is 1.45 bits per heavy atom. The van der Waals surface area contributed by atoms with E-state index in [1.807, 2.05) is 17.8 Å². The SMILES string of the molecule is Cn1ccnc1SCC(O)COC1CCCc2ccccc21. The molecule has 2 unspecified atom stereocenters. The molecule has 1 aliphatic rings. The molecule has 0 amide bonds. The molecule has 0 spiro atoms. The summed E-state index contributed by atoms with van der Waals surface area (Å²) in [7, 11) is 1.96. The molecule has 0 bridgehead atoms. The van der Waals surface area contributed by atoms with Crippen molar-refractivity contribution in [2.24, 2.45) is 7.05 Å². The molecule has 1 aromatic carbocycles. The first-order valence-corrected chi connectivity index (χ1v) is 8.70. The van der Waals surface area contributed by atoms with Crippen molar-refractivity contribution in [1.29, 1.82) is 0 Å². The summed E-state index contributed by atoms with van der Waals surface area (Å²) in [6.07, 6.45) is 6.64. The predicted molar refractivity (Wildman–Crippen MR) is 88.0 cm³/mol. The zero-order valence-corrected chi connectivity index (χ0v) is 13.6. The van der Waals surface area contributed by atoms with Gasteiger partial charge in [-0.1, -0.05) is 36.0 Å². The number of hydrogen-bond acceptors (Lipinski definition) is 4. The second-order valence-corrected chi connectivity index (χ2v) is 6.69. The van der Waals surface area contributed by atoms with Crippen LogP contribution < -0.4 is 0 Å². The average Bonchev–Trinajstić information content (AvgIpc) is 2.96. The van der Waals surface area contributed by atoms with Gasteiger partial charge in [0.1, 0.15) is 0 Å². The number of thioether (sulfide) groups is 1. The Morgan fingerprint density at radius 3 is 3.14 bits per heavy atom. The standard InChI is InChI=1S/C17H22N2O2S/c1-19-10-9-18-17(19)22-12-14(20)11-21-16-8-4-6-13-5-2-3-7-15(13)16/h2-3,5,7,9-10,14,16,20H,4,6,8,11-12H2,1H3. The van der Waals surface area contributed by atoms with Gasteiger partial charge in [0.25, 0.3) is 0 Å². The van der Waals surface area contributed by atoms with Gasteiger partial charge in [-0.25, -0.2) is 4.98 Å². The van der Waals surface area contributed by atoms with Gasteiger partial charge in [0.15, 0.2) is 5.16 Å². The summed E-state index contributed by atoms with van der Waals surface area (Å²) < 4.78 is 7.93. The molecule has 3 rings (SSSR count). The number of ether oxygens (including phenoxy) is 1. The van der Waals surface area contributed by atoms with Gasteiger partial charge in [0.2, 0.25) is 0 Å². The fourth-order valence-corrected chi connectivity index (χ4v) is 3.66. The van der Waals surface area contributed by atoms with Crippen LogP contribution in [0.3, 0.4) is 0 Å². The molecule has 0 aliphatic heterocycles. The number of aliphatic hydroxyl groups excluding tert-OH is 1. The summed E-state index contributed by atoms with van der Waals surface area (Å²) in [6, 6.07) is 8.47. The van der Waals surface area contributed by atoms with Crippen LogP contribution in [0.2, 0.25) is 0 Å². The van der Waals surface area contributed by atoms with Crippen molar-refractivity contribution in [1.82, 2.24) is 9.55 Å². The molecular formula is C17H22N2O2S. The Kier molecular flexibility index (Phi) is 5.18. The Hall–Kier alpha value is -1.30. The number of imidazole rings is 1. The molecule has 118 valence electrons. The molecule has 1 N–H and O–H groups in total. The maximum atomic E-state index is 10.1. The van der Waals surface area contributed by atoms with Crippen LogP contribution >= 0.6 is 11.8 Å². The van der Waals surface area contributed by atoms with Crippen molar-refractivity contribution in [3.8, 4) is 0 Å². The normalized spacial score (nSPS) is 18.9. The van der Waals surface area contributed by atoms with Crippen LogP contribution in [0.4, 0.5) is 0 Å². The van der Waals surface area contributed by atoms with E-state index in [4.69, 9.17) is 4.74 Å². The number of fused-ring (bicyclic) bond motifs is 1. The molecule has 0 saturated heterocycles. The second kappa shape index (κ2) is 7.31. The molecule has 0 saturated carbocycles. The van der Waals surface area contributed by atoms with Crippen molar-refractivity contribution < 1.29 is 9.84 Å². The van der Waals surface area contributed by atoms with Gasteiger partial charge in [-0.05, 0) is 30.4 Å². The number of aryl methyl sites for hydroxylation is 2. The van der Waals surface area contributed by atoms with E-state index in [1.54, 1.807) is 18.0 Å². The van der Waals surface area contributed by atoms with Crippen molar-refractivity contribution in [2.45, 2.75) is 36.6 Å². The number of benzene rings is 1. The van der Waals surface area contributed by atoms with E-state index in [9.17, 15) is 5.11 Å². The van der Waals surface area contributed by atoms with Crippen LogP contribution in [0, 0.1) is 0 Å². The third-order valence-electron chi connectivity index (χ3n) is 3.99. The van der Waals surface area contributed by atoms with E-state index in [1.165, 1.54) is 11.1 Å². The number of rotatable bonds is 6. The Morgan fingerprint density at radius 2 is 2.32 bits per heavy atom. The Labute approximate surface area is 135 Å². The first-order valence-electron chi connectivity index (χ1n) is 7.71. The molecule has 22 heavy (non-hydrogen) atoms. The first kappa shape index (κ1) is 15.6. The maximum absolute atomic E-state index is 10.1. The third-order valence-corrected chi connectivity index (χ3v) is 5.19. The minimum absolute atomic E-state index is 0.123. The van der Waals surface area contributed by atoms with Gasteiger partial charge >= 0.3 is 0 Å². The topological polar surface area (TPSA) is 47.3 Å². The summed E-state index contributed by atoms with van der Waals surface area (Å²) in [5, 5.41) is 11.1. The van der Waals surface area contributed by atoms with Gasteiger partial charge in [0, 0.05) is 25.2 Å². The Bertz CT molecular complexity index is 614. The molecule has 1 heterocycles. The molecule has 1 aromatic heterocycles. The zero-order chi connectivity index (χ0) is 15.4. The highest BCUT2D eigenvalue weighted by molar-refractivity contribution is 7.99. The molecule has 2 aromatic rings. The molecule has 4 nitrogen and oxygen atoms in total. The largest absolute Gasteiger partial charge is 0.390 e. The van der Waals surface area contributed by atoms with Crippen molar-refractivity contribution in [2.75, 3.05) is 12.4 Å². The molecule has 1 aliphatic carbocycles. The molecule has 2 atom stereocenters. The number of hydrogen-bond donors (Lipinski definition) is 1. The smallest absolute Gasteiger partial charge is 0.167 e. The van der Waals surface area contributed by atoms with E-state index < -0.39 is 6.10 Å². The monoisotopic (exact) mass is 318 g/mol. The first-order chi connectivity index (χ1) is 10.7. The van der Waals surface area contributed by atoms with E-state index in [2.05, 4.69) is 29.2 Å². The van der Waals surface area contributed by atoms with E-state index in [0.29, 0.717) is 12.4 Å². The molecule has 0 fully saturated rings. The highest BCUT2D eigenvalue weighted by Gasteiger charge is 2.21. The average molecular weight is 318 g/mol. The summed E-state index contributed by atoms with van der Waals surface area (Å²) in [4.78, 5) is 4.24. The molecular weight excluding hydrogens is 296 g/mol. The van der Waals surface area contributed by atoms with Gasteiger partial charge < -0.3 is 14.4 Å². The number of nitrogens with zero attached hydrogens (tertiary/aromatic N) is 2. The van der Waals surface area contributed by atoms with Crippen LogP contribution in [0.5, 0.6) is 0 Å². The van der Waals surface area contributed by atoms with Crippen LogP contribution in [0.1, 0.15) is 30.1 Å². The van der Waals surface area contributed by atoms with Crippen LogP contribution in [0.15, 0.2) is 41.8 Å². The fraction of sp³-hybridized carbons (Fsp3) is 0.471. The minimum atomic E-state index is -0.476. The van der Waals surface area contributed by atoms with Gasteiger partial charge in [0.05, 0.1) is 18.8 Å². The van der Waals surface area contributed by atoms with Crippen molar-refractivity contribution in [3.05, 3.63) is 47.8 Å². The Balaban J connectivity index is 1.49. The highest BCUT2D eigenvalue weighted by atomic mass is 32.2. The van der Waals surface area contributed by atoms with Crippen LogP contribution in [-0.2, 0) is 18.2 Å². The summed E-state index contributed by atoms with van der Waals surface area (Å²) in [5.74, 6) is 0.596.